The summed E-state index contributed by atoms with van der Waals surface area (Å²) in [6, 6.07) is 1.68. The largest absolute Gasteiger partial charge is 0.511 e. The Morgan fingerprint density at radius 1 is 1.14 bits per heavy atom. The van der Waals surface area contributed by atoms with Crippen molar-refractivity contribution in [3.05, 3.63) is 22.8 Å². The average Bonchev–Trinajstić information content (AvgIpc) is 2.43. The van der Waals surface area contributed by atoms with E-state index in [9.17, 15) is 9.90 Å². The molecular weight excluding hydrogens is 268 g/mol. The van der Waals surface area contributed by atoms with Gasteiger partial charge in [-0.05, 0) is 48.9 Å². The van der Waals surface area contributed by atoms with Gasteiger partial charge in [-0.3, -0.25) is 0 Å². The van der Waals surface area contributed by atoms with Crippen molar-refractivity contribution in [2.45, 2.75) is 65.7 Å². The second-order valence-corrected chi connectivity index (χ2v) is 5.41. The van der Waals surface area contributed by atoms with Gasteiger partial charge in [0.2, 0.25) is 0 Å². The van der Waals surface area contributed by atoms with E-state index in [4.69, 9.17) is 5.11 Å². The molecule has 0 atom stereocenters. The Morgan fingerprint density at radius 3 is 2.43 bits per heavy atom. The minimum Gasteiger partial charge on any atom is -0.504 e. The molecule has 0 aliphatic rings. The van der Waals surface area contributed by atoms with Gasteiger partial charge in [0.05, 0.1) is 0 Å². The summed E-state index contributed by atoms with van der Waals surface area (Å²) in [5, 5.41) is 18.9. The number of benzene rings is 1. The van der Waals surface area contributed by atoms with Gasteiger partial charge in [0.15, 0.2) is 11.5 Å². The number of carbonyl (C=O) groups is 1. The van der Waals surface area contributed by atoms with E-state index in [0.29, 0.717) is 0 Å². The molecule has 4 nitrogen and oxygen atoms in total. The molecule has 0 heterocycles. The van der Waals surface area contributed by atoms with Crippen LogP contribution in [0.5, 0.6) is 11.5 Å². The second kappa shape index (κ2) is 8.55. The van der Waals surface area contributed by atoms with Crippen molar-refractivity contribution in [2.75, 3.05) is 0 Å². The van der Waals surface area contributed by atoms with Crippen molar-refractivity contribution in [3.8, 4) is 11.5 Å². The zero-order valence-electron chi connectivity index (χ0n) is 13.2. The number of unbranched alkanes of at least 4 members (excludes halogenated alkanes) is 3. The van der Waals surface area contributed by atoms with Crippen LogP contribution in [-0.2, 0) is 12.8 Å². The van der Waals surface area contributed by atoms with Crippen molar-refractivity contribution >= 4 is 6.16 Å². The maximum atomic E-state index is 10.7. The molecule has 0 bridgehead atoms. The highest BCUT2D eigenvalue weighted by Crippen LogP contribution is 2.36. The van der Waals surface area contributed by atoms with Crippen molar-refractivity contribution < 1.29 is 19.7 Å². The van der Waals surface area contributed by atoms with Crippen LogP contribution >= 0.6 is 0 Å². The Bertz CT molecular complexity index is 480. The molecule has 0 fully saturated rings. The molecule has 0 aromatic heterocycles. The van der Waals surface area contributed by atoms with Crippen LogP contribution in [0.2, 0.25) is 0 Å². The number of aryl methyl sites for hydroxylation is 1. The van der Waals surface area contributed by atoms with Crippen molar-refractivity contribution in [3.63, 3.8) is 0 Å². The number of carboxylic acid groups (broad SMARTS) is 1. The zero-order valence-corrected chi connectivity index (χ0v) is 13.2. The molecule has 21 heavy (non-hydrogen) atoms. The third kappa shape index (κ3) is 4.96. The maximum absolute atomic E-state index is 10.7. The number of phenols is 1. The van der Waals surface area contributed by atoms with E-state index in [0.717, 1.165) is 42.4 Å². The number of hydrogen-bond donors (Lipinski definition) is 2. The lowest BCUT2D eigenvalue weighted by molar-refractivity contribution is 0.142. The van der Waals surface area contributed by atoms with Crippen LogP contribution in [-0.4, -0.2) is 16.4 Å². The Labute approximate surface area is 126 Å². The van der Waals surface area contributed by atoms with Crippen molar-refractivity contribution in [2.24, 2.45) is 0 Å². The number of aromatic hydroxyl groups is 1. The molecule has 0 saturated heterocycles. The molecular formula is C17H26O4. The average molecular weight is 294 g/mol. The Balaban J connectivity index is 3.03. The second-order valence-electron chi connectivity index (χ2n) is 5.41. The molecule has 1 aromatic rings. The predicted molar refractivity (Wildman–Crippen MR) is 83.3 cm³/mol. The first-order valence-electron chi connectivity index (χ1n) is 7.76. The van der Waals surface area contributed by atoms with Gasteiger partial charge < -0.3 is 14.9 Å². The van der Waals surface area contributed by atoms with Gasteiger partial charge in [0, 0.05) is 0 Å². The molecule has 1 aromatic carbocycles. The predicted octanol–water partition coefficient (Wildman–Crippen LogP) is 4.83. The maximum Gasteiger partial charge on any atom is 0.511 e. The summed E-state index contributed by atoms with van der Waals surface area (Å²) in [4.78, 5) is 10.7. The lowest BCUT2D eigenvalue weighted by Crippen LogP contribution is -2.06. The lowest BCUT2D eigenvalue weighted by atomic mass is 9.93. The summed E-state index contributed by atoms with van der Waals surface area (Å²) in [5.74, 6) is -0.0106. The summed E-state index contributed by atoms with van der Waals surface area (Å²) >= 11 is 0. The van der Waals surface area contributed by atoms with Gasteiger partial charge in [-0.15, -0.1) is 0 Å². The third-order valence-electron chi connectivity index (χ3n) is 3.73. The van der Waals surface area contributed by atoms with E-state index in [-0.39, 0.29) is 11.5 Å². The number of hydrogen-bond acceptors (Lipinski definition) is 3. The minimum atomic E-state index is -1.40. The molecule has 0 radical (unpaired) electrons. The molecule has 118 valence electrons. The minimum absolute atomic E-state index is 0.0424. The topological polar surface area (TPSA) is 66.8 Å². The summed E-state index contributed by atoms with van der Waals surface area (Å²) < 4.78 is 4.68. The Morgan fingerprint density at radius 2 is 1.86 bits per heavy atom. The highest BCUT2D eigenvalue weighted by molar-refractivity contribution is 5.65. The molecule has 0 spiro atoms. The van der Waals surface area contributed by atoms with E-state index >= 15 is 0 Å². The van der Waals surface area contributed by atoms with Crippen molar-refractivity contribution in [1.82, 2.24) is 0 Å². The fourth-order valence-corrected chi connectivity index (χ4v) is 2.62. The Kier molecular flexibility index (Phi) is 7.06. The van der Waals surface area contributed by atoms with E-state index in [2.05, 4.69) is 18.6 Å². The SMILES string of the molecule is CCCCCCc1c(CCC)cc(OC(=O)O)c(O)c1C. The molecule has 2 N–H and O–H groups in total. The number of phenolic OH excluding ortho intramolecular Hbond substituents is 1. The first kappa shape index (κ1) is 17.3. The molecule has 0 aliphatic carbocycles. The first-order chi connectivity index (χ1) is 10.0. The van der Waals surface area contributed by atoms with Crippen LogP contribution < -0.4 is 4.74 Å². The van der Waals surface area contributed by atoms with Gasteiger partial charge in [0.25, 0.3) is 0 Å². The summed E-state index contributed by atoms with van der Waals surface area (Å²) in [6.45, 7) is 6.09. The molecule has 0 aliphatic heterocycles. The van der Waals surface area contributed by atoms with Crippen molar-refractivity contribution in [1.29, 1.82) is 0 Å². The van der Waals surface area contributed by atoms with E-state index < -0.39 is 6.16 Å². The third-order valence-corrected chi connectivity index (χ3v) is 3.73. The van der Waals surface area contributed by atoms with Gasteiger partial charge in [-0.1, -0.05) is 39.5 Å². The molecule has 0 amide bonds. The van der Waals surface area contributed by atoms with Crippen LogP contribution in [0.3, 0.4) is 0 Å². The fraction of sp³-hybridized carbons (Fsp3) is 0.588. The van der Waals surface area contributed by atoms with Crippen LogP contribution in [0, 0.1) is 6.92 Å². The van der Waals surface area contributed by atoms with Gasteiger partial charge in [-0.2, -0.15) is 0 Å². The number of ether oxygens (including phenoxy) is 1. The molecule has 4 heteroatoms. The summed E-state index contributed by atoms with van der Waals surface area (Å²) in [7, 11) is 0. The molecule has 0 saturated carbocycles. The normalized spacial score (nSPS) is 10.6. The number of rotatable bonds is 8. The highest BCUT2D eigenvalue weighted by atomic mass is 16.7. The van der Waals surface area contributed by atoms with Gasteiger partial charge in [-0.25, -0.2) is 4.79 Å². The molecule has 0 unspecified atom stereocenters. The van der Waals surface area contributed by atoms with Crippen LogP contribution in [0.4, 0.5) is 4.79 Å². The fourth-order valence-electron chi connectivity index (χ4n) is 2.62. The first-order valence-corrected chi connectivity index (χ1v) is 7.76. The van der Waals surface area contributed by atoms with Gasteiger partial charge in [0.1, 0.15) is 0 Å². The van der Waals surface area contributed by atoms with E-state index in [1.165, 1.54) is 19.3 Å². The van der Waals surface area contributed by atoms with Gasteiger partial charge >= 0.3 is 6.16 Å². The lowest BCUT2D eigenvalue weighted by Gasteiger charge is -2.16. The standard InChI is InChI=1S/C17H26O4/c1-4-6-7-8-10-14-12(3)16(18)15(21-17(19)20)11-13(14)9-5-2/h11,18H,4-10H2,1-3H3,(H,19,20). The van der Waals surface area contributed by atoms with Crippen LogP contribution in [0.15, 0.2) is 6.07 Å². The monoisotopic (exact) mass is 294 g/mol. The van der Waals surface area contributed by atoms with Crippen LogP contribution in [0.1, 0.15) is 62.6 Å². The zero-order chi connectivity index (χ0) is 15.8. The van der Waals surface area contributed by atoms with E-state index in [1.54, 1.807) is 6.07 Å². The smallest absolute Gasteiger partial charge is 0.504 e. The Hall–Kier alpha value is -1.71. The van der Waals surface area contributed by atoms with Crippen LogP contribution in [0.25, 0.3) is 0 Å². The van der Waals surface area contributed by atoms with E-state index in [1.807, 2.05) is 6.92 Å². The highest BCUT2D eigenvalue weighted by Gasteiger charge is 2.17. The summed E-state index contributed by atoms with van der Waals surface area (Å²) in [5.41, 5.74) is 2.97. The molecule has 1 rings (SSSR count). The summed E-state index contributed by atoms with van der Waals surface area (Å²) in [6.07, 6.45) is 6.02. The quantitative estimate of drug-likeness (QED) is 0.409.